The molecule has 1 saturated heterocycles. The Labute approximate surface area is 186 Å². The standard InChI is InChI=1S/C24H27N3O3S/c1-17-9-11-18(12-10-17)14-26(2)22(28)16-31-24-25-21-8-4-3-7-20(21)23(29)27(24)15-19-6-5-13-30-19/h3-4,7-12,19H,5-6,13-16H2,1-2H3. The van der Waals surface area contributed by atoms with Gasteiger partial charge in [0.25, 0.3) is 5.56 Å². The molecule has 0 aliphatic carbocycles. The fraction of sp³-hybridized carbons (Fsp3) is 0.375. The number of aromatic nitrogens is 2. The lowest BCUT2D eigenvalue weighted by molar-refractivity contribution is -0.127. The van der Waals surface area contributed by atoms with Crippen molar-refractivity contribution in [1.82, 2.24) is 14.5 Å². The molecule has 6 nitrogen and oxygen atoms in total. The van der Waals surface area contributed by atoms with E-state index in [0.717, 1.165) is 25.0 Å². The maximum Gasteiger partial charge on any atom is 0.262 e. The van der Waals surface area contributed by atoms with Crippen molar-refractivity contribution in [3.05, 3.63) is 70.0 Å². The Morgan fingerprint density at radius 1 is 1.23 bits per heavy atom. The van der Waals surface area contributed by atoms with Gasteiger partial charge in [0.1, 0.15) is 0 Å². The first-order valence-corrected chi connectivity index (χ1v) is 11.5. The summed E-state index contributed by atoms with van der Waals surface area (Å²) in [5.41, 5.74) is 2.86. The molecule has 0 saturated carbocycles. The van der Waals surface area contributed by atoms with E-state index in [1.54, 1.807) is 22.6 Å². The summed E-state index contributed by atoms with van der Waals surface area (Å²) in [6.45, 7) is 3.78. The SMILES string of the molecule is Cc1ccc(CN(C)C(=O)CSc2nc3ccccc3c(=O)n2CC2CCCO2)cc1. The molecule has 0 N–H and O–H groups in total. The number of fused-ring (bicyclic) bond motifs is 1. The monoisotopic (exact) mass is 437 g/mol. The van der Waals surface area contributed by atoms with Gasteiger partial charge in [-0.3, -0.25) is 14.2 Å². The Bertz CT molecular complexity index is 1120. The van der Waals surface area contributed by atoms with Crippen molar-refractivity contribution in [3.63, 3.8) is 0 Å². The van der Waals surface area contributed by atoms with E-state index in [4.69, 9.17) is 9.72 Å². The Morgan fingerprint density at radius 3 is 2.74 bits per heavy atom. The molecule has 2 heterocycles. The normalized spacial score (nSPS) is 16.0. The van der Waals surface area contributed by atoms with Crippen molar-refractivity contribution >= 4 is 28.6 Å². The van der Waals surface area contributed by atoms with E-state index < -0.39 is 0 Å². The highest BCUT2D eigenvalue weighted by molar-refractivity contribution is 7.99. The summed E-state index contributed by atoms with van der Waals surface area (Å²) in [7, 11) is 1.80. The van der Waals surface area contributed by atoms with Crippen LogP contribution in [0.2, 0.25) is 0 Å². The van der Waals surface area contributed by atoms with Crippen molar-refractivity contribution in [2.45, 2.75) is 44.1 Å². The van der Waals surface area contributed by atoms with Gasteiger partial charge in [-0.1, -0.05) is 53.7 Å². The minimum Gasteiger partial charge on any atom is -0.376 e. The van der Waals surface area contributed by atoms with Crippen molar-refractivity contribution in [1.29, 1.82) is 0 Å². The molecule has 0 spiro atoms. The molecular formula is C24H27N3O3S. The van der Waals surface area contributed by atoms with Gasteiger partial charge in [-0.05, 0) is 37.5 Å². The number of carbonyl (C=O) groups excluding carboxylic acids is 1. The van der Waals surface area contributed by atoms with Gasteiger partial charge < -0.3 is 9.64 Å². The lowest BCUT2D eigenvalue weighted by Crippen LogP contribution is -2.30. The number of thioether (sulfide) groups is 1. The average molecular weight is 438 g/mol. The van der Waals surface area contributed by atoms with Crippen molar-refractivity contribution in [2.24, 2.45) is 0 Å². The molecule has 4 rings (SSSR count). The number of carbonyl (C=O) groups is 1. The van der Waals surface area contributed by atoms with E-state index >= 15 is 0 Å². The number of para-hydroxylation sites is 1. The summed E-state index contributed by atoms with van der Waals surface area (Å²) in [5.74, 6) is 0.218. The first kappa shape index (κ1) is 21.6. The minimum atomic E-state index is -0.0796. The van der Waals surface area contributed by atoms with Crippen LogP contribution in [0.1, 0.15) is 24.0 Å². The fourth-order valence-electron chi connectivity index (χ4n) is 3.70. The lowest BCUT2D eigenvalue weighted by Gasteiger charge is -2.19. The van der Waals surface area contributed by atoms with Gasteiger partial charge in [-0.25, -0.2) is 4.98 Å². The van der Waals surface area contributed by atoms with Gasteiger partial charge in [-0.2, -0.15) is 0 Å². The third kappa shape index (κ3) is 5.17. The maximum atomic E-state index is 13.1. The second kappa shape index (κ2) is 9.66. The molecule has 1 aromatic heterocycles. The molecule has 2 aromatic carbocycles. The Balaban J connectivity index is 1.51. The summed E-state index contributed by atoms with van der Waals surface area (Å²) >= 11 is 1.31. The number of nitrogens with zero attached hydrogens (tertiary/aromatic N) is 3. The van der Waals surface area contributed by atoms with Crippen LogP contribution >= 0.6 is 11.8 Å². The van der Waals surface area contributed by atoms with Crippen molar-refractivity contribution < 1.29 is 9.53 Å². The van der Waals surface area contributed by atoms with Gasteiger partial charge >= 0.3 is 0 Å². The van der Waals surface area contributed by atoms with Crippen LogP contribution < -0.4 is 5.56 Å². The fourth-order valence-corrected chi connectivity index (χ4v) is 4.65. The van der Waals surface area contributed by atoms with Crippen LogP contribution in [0.5, 0.6) is 0 Å². The predicted octanol–water partition coefficient (Wildman–Crippen LogP) is 3.63. The van der Waals surface area contributed by atoms with E-state index in [0.29, 0.717) is 29.1 Å². The summed E-state index contributed by atoms with van der Waals surface area (Å²) < 4.78 is 7.42. The highest BCUT2D eigenvalue weighted by Crippen LogP contribution is 2.21. The smallest absolute Gasteiger partial charge is 0.262 e. The Morgan fingerprint density at radius 2 is 2.00 bits per heavy atom. The first-order chi connectivity index (χ1) is 15.0. The molecule has 0 radical (unpaired) electrons. The molecule has 1 atom stereocenters. The molecule has 162 valence electrons. The van der Waals surface area contributed by atoms with Crippen LogP contribution in [0, 0.1) is 6.92 Å². The third-order valence-corrected chi connectivity index (χ3v) is 6.49. The van der Waals surface area contributed by atoms with Crippen molar-refractivity contribution in [2.75, 3.05) is 19.4 Å². The number of ether oxygens (including phenoxy) is 1. The zero-order valence-electron chi connectivity index (χ0n) is 17.9. The van der Waals surface area contributed by atoms with E-state index in [1.807, 2.05) is 49.4 Å². The molecule has 0 bridgehead atoms. The molecule has 1 unspecified atom stereocenters. The van der Waals surface area contributed by atoms with E-state index in [-0.39, 0.29) is 23.3 Å². The largest absolute Gasteiger partial charge is 0.376 e. The van der Waals surface area contributed by atoms with Gasteiger partial charge in [0, 0.05) is 20.2 Å². The van der Waals surface area contributed by atoms with Crippen LogP contribution in [0.25, 0.3) is 10.9 Å². The quantitative estimate of drug-likeness (QED) is 0.417. The predicted molar refractivity (Wildman–Crippen MR) is 123 cm³/mol. The zero-order valence-corrected chi connectivity index (χ0v) is 18.7. The highest BCUT2D eigenvalue weighted by Gasteiger charge is 2.21. The Hall–Kier alpha value is -2.64. The maximum absolute atomic E-state index is 13.1. The highest BCUT2D eigenvalue weighted by atomic mass is 32.2. The van der Waals surface area contributed by atoms with Crippen LogP contribution in [0.3, 0.4) is 0 Å². The molecule has 1 aliphatic rings. The number of amides is 1. The lowest BCUT2D eigenvalue weighted by atomic mass is 10.1. The molecule has 1 amide bonds. The first-order valence-electron chi connectivity index (χ1n) is 10.5. The van der Waals surface area contributed by atoms with Crippen LogP contribution in [-0.4, -0.2) is 45.9 Å². The molecule has 1 aliphatic heterocycles. The number of hydrogen-bond acceptors (Lipinski definition) is 5. The topological polar surface area (TPSA) is 64.4 Å². The third-order valence-electron chi connectivity index (χ3n) is 5.53. The van der Waals surface area contributed by atoms with Crippen LogP contribution in [-0.2, 0) is 22.6 Å². The molecular weight excluding hydrogens is 410 g/mol. The number of aryl methyl sites for hydroxylation is 1. The van der Waals surface area contributed by atoms with Gasteiger partial charge in [0.05, 0.1) is 29.3 Å². The number of hydrogen-bond donors (Lipinski definition) is 0. The van der Waals surface area contributed by atoms with Gasteiger partial charge in [-0.15, -0.1) is 0 Å². The average Bonchev–Trinajstić information content (AvgIpc) is 3.29. The summed E-state index contributed by atoms with van der Waals surface area (Å²) in [6, 6.07) is 15.5. The molecule has 31 heavy (non-hydrogen) atoms. The minimum absolute atomic E-state index is 0.00310. The summed E-state index contributed by atoms with van der Waals surface area (Å²) in [4.78, 5) is 32.3. The van der Waals surface area contributed by atoms with E-state index in [1.165, 1.54) is 17.3 Å². The second-order valence-electron chi connectivity index (χ2n) is 7.99. The van der Waals surface area contributed by atoms with E-state index in [9.17, 15) is 9.59 Å². The van der Waals surface area contributed by atoms with Gasteiger partial charge in [0.15, 0.2) is 5.16 Å². The summed E-state index contributed by atoms with van der Waals surface area (Å²) in [5, 5.41) is 1.16. The van der Waals surface area contributed by atoms with Crippen LogP contribution in [0.4, 0.5) is 0 Å². The Kier molecular flexibility index (Phi) is 6.73. The number of rotatable bonds is 7. The molecule has 1 fully saturated rings. The van der Waals surface area contributed by atoms with E-state index in [2.05, 4.69) is 0 Å². The molecule has 7 heteroatoms. The van der Waals surface area contributed by atoms with Gasteiger partial charge in [0.2, 0.25) is 5.91 Å². The second-order valence-corrected chi connectivity index (χ2v) is 8.93. The van der Waals surface area contributed by atoms with Crippen molar-refractivity contribution in [3.8, 4) is 0 Å². The molecule has 3 aromatic rings. The van der Waals surface area contributed by atoms with Crippen LogP contribution in [0.15, 0.2) is 58.5 Å². The summed E-state index contributed by atoms with van der Waals surface area (Å²) in [6.07, 6.45) is 1.95. The zero-order chi connectivity index (χ0) is 21.8. The number of benzene rings is 2.